The Morgan fingerprint density at radius 2 is 1.78 bits per heavy atom. The summed E-state index contributed by atoms with van der Waals surface area (Å²) in [5, 5.41) is 7.56. The molecule has 0 spiro atoms. The van der Waals surface area contributed by atoms with E-state index in [1.54, 1.807) is 0 Å². The molecule has 6 heteroatoms. The average molecular weight is 139 g/mol. The van der Waals surface area contributed by atoms with Gasteiger partial charge < -0.3 is 10.8 Å². The fourth-order valence-electron chi connectivity index (χ4n) is 0.105. The third-order valence-corrected chi connectivity index (χ3v) is 0.578. The van der Waals surface area contributed by atoms with Crippen LogP contribution in [0.1, 0.15) is 0 Å². The molecule has 0 aromatic carbocycles. The molecule has 0 rings (SSSR count). The van der Waals surface area contributed by atoms with Gasteiger partial charge in [0, 0.05) is 0 Å². The molecule has 0 saturated carbocycles. The van der Waals surface area contributed by atoms with E-state index in [9.17, 15) is 18.4 Å². The monoisotopic (exact) mass is 139 g/mol. The molecule has 1 amide bonds. The van der Waals surface area contributed by atoms with Gasteiger partial charge in [-0.25, -0.2) is 4.79 Å². The molecule has 0 heterocycles. The van der Waals surface area contributed by atoms with Crippen molar-refractivity contribution in [2.75, 3.05) is 0 Å². The van der Waals surface area contributed by atoms with Crippen molar-refractivity contribution in [1.29, 1.82) is 0 Å². The highest BCUT2D eigenvalue weighted by Crippen LogP contribution is 2.11. The largest absolute Gasteiger partial charge is 0.476 e. The van der Waals surface area contributed by atoms with Crippen LogP contribution in [0.5, 0.6) is 0 Å². The third-order valence-electron chi connectivity index (χ3n) is 0.578. The Morgan fingerprint density at radius 1 is 1.44 bits per heavy atom. The van der Waals surface area contributed by atoms with Crippen molar-refractivity contribution in [3.8, 4) is 0 Å². The van der Waals surface area contributed by atoms with Crippen LogP contribution < -0.4 is 5.73 Å². The molecule has 0 aliphatic carbocycles. The number of primary amides is 1. The van der Waals surface area contributed by atoms with E-state index < -0.39 is 17.8 Å². The van der Waals surface area contributed by atoms with Crippen LogP contribution in [0.25, 0.3) is 0 Å². The summed E-state index contributed by atoms with van der Waals surface area (Å²) in [6.45, 7) is 0. The van der Waals surface area contributed by atoms with Gasteiger partial charge in [-0.3, -0.25) is 4.79 Å². The number of carboxylic acid groups (broad SMARTS) is 1. The summed E-state index contributed by atoms with van der Waals surface area (Å²) in [6, 6.07) is 0. The zero-order chi connectivity index (χ0) is 7.65. The summed E-state index contributed by atoms with van der Waals surface area (Å²) in [5.41, 5.74) is 4.00. The van der Waals surface area contributed by atoms with Gasteiger partial charge in [-0.05, 0) is 0 Å². The van der Waals surface area contributed by atoms with Crippen molar-refractivity contribution in [1.82, 2.24) is 0 Å². The van der Waals surface area contributed by atoms with Crippen molar-refractivity contribution >= 4 is 11.9 Å². The number of carboxylic acids is 1. The maximum Gasteiger partial charge on any atom is 0.418 e. The SMILES string of the molecule is NC(=O)C(F)(F)C(=O)O. The molecule has 0 bridgehead atoms. The van der Waals surface area contributed by atoms with E-state index in [2.05, 4.69) is 5.73 Å². The molecule has 0 aromatic heterocycles. The number of aliphatic carboxylic acids is 1. The molecule has 52 valence electrons. The standard InChI is InChI=1S/C3H3F2NO3/c4-3(5,1(6)7)2(8)9/h(H2,6,7)(H,8,9). The summed E-state index contributed by atoms with van der Waals surface area (Å²) in [6.07, 6.45) is 0. The first-order valence-corrected chi connectivity index (χ1v) is 1.80. The highest BCUT2D eigenvalue weighted by molar-refractivity contribution is 6.02. The minimum absolute atomic E-state index is 2.16. The molecule has 0 atom stereocenters. The third kappa shape index (κ3) is 1.34. The first-order chi connectivity index (χ1) is 3.89. The van der Waals surface area contributed by atoms with E-state index >= 15 is 0 Å². The van der Waals surface area contributed by atoms with Crippen LogP contribution in [-0.2, 0) is 9.59 Å². The second-order valence-electron chi connectivity index (χ2n) is 1.24. The molecular weight excluding hydrogens is 136 g/mol. The van der Waals surface area contributed by atoms with Crippen LogP contribution in [0.2, 0.25) is 0 Å². The fourth-order valence-corrected chi connectivity index (χ4v) is 0.105. The Bertz CT molecular complexity index is 139. The van der Waals surface area contributed by atoms with E-state index in [1.807, 2.05) is 0 Å². The Labute approximate surface area is 48.3 Å². The van der Waals surface area contributed by atoms with Crippen LogP contribution in [-0.4, -0.2) is 22.9 Å². The van der Waals surface area contributed by atoms with E-state index in [4.69, 9.17) is 5.11 Å². The van der Waals surface area contributed by atoms with Gasteiger partial charge in [0.2, 0.25) is 0 Å². The van der Waals surface area contributed by atoms with Crippen LogP contribution >= 0.6 is 0 Å². The Morgan fingerprint density at radius 3 is 1.78 bits per heavy atom. The van der Waals surface area contributed by atoms with Gasteiger partial charge in [0.05, 0.1) is 0 Å². The summed E-state index contributed by atoms with van der Waals surface area (Å²) in [7, 11) is 0. The zero-order valence-electron chi connectivity index (χ0n) is 4.10. The van der Waals surface area contributed by atoms with Gasteiger partial charge in [-0.2, -0.15) is 8.78 Å². The molecule has 0 fully saturated rings. The molecule has 0 aliphatic rings. The van der Waals surface area contributed by atoms with Gasteiger partial charge >= 0.3 is 11.9 Å². The van der Waals surface area contributed by atoms with Crippen LogP contribution in [0.15, 0.2) is 0 Å². The smallest absolute Gasteiger partial charge is 0.418 e. The summed E-state index contributed by atoms with van der Waals surface area (Å²) < 4.78 is 23.2. The van der Waals surface area contributed by atoms with E-state index in [1.165, 1.54) is 0 Å². The van der Waals surface area contributed by atoms with Crippen LogP contribution in [0.3, 0.4) is 0 Å². The number of hydrogen-bond donors (Lipinski definition) is 2. The molecule has 0 aliphatic heterocycles. The first-order valence-electron chi connectivity index (χ1n) is 1.80. The summed E-state index contributed by atoms with van der Waals surface area (Å²) in [4.78, 5) is 19.0. The normalized spacial score (nSPS) is 10.9. The molecule has 0 saturated heterocycles. The number of alkyl halides is 2. The van der Waals surface area contributed by atoms with Gasteiger partial charge in [-0.15, -0.1) is 0 Å². The second kappa shape index (κ2) is 1.96. The van der Waals surface area contributed by atoms with Gasteiger partial charge in [0.15, 0.2) is 0 Å². The Hall–Kier alpha value is -1.20. The molecular formula is C3H3F2NO3. The molecule has 0 radical (unpaired) electrons. The lowest BCUT2D eigenvalue weighted by atomic mass is 10.3. The van der Waals surface area contributed by atoms with Gasteiger partial charge in [0.25, 0.3) is 5.91 Å². The number of halogens is 2. The van der Waals surface area contributed by atoms with Crippen LogP contribution in [0.4, 0.5) is 8.78 Å². The maximum atomic E-state index is 11.6. The lowest BCUT2D eigenvalue weighted by Gasteiger charge is -2.03. The van der Waals surface area contributed by atoms with E-state index in [-0.39, 0.29) is 0 Å². The number of carbonyl (C=O) groups excluding carboxylic acids is 1. The van der Waals surface area contributed by atoms with Crippen molar-refractivity contribution in [3.63, 3.8) is 0 Å². The lowest BCUT2D eigenvalue weighted by molar-refractivity contribution is -0.170. The highest BCUT2D eigenvalue weighted by Gasteiger charge is 2.45. The minimum Gasteiger partial charge on any atom is -0.476 e. The lowest BCUT2D eigenvalue weighted by Crippen LogP contribution is -2.42. The Kier molecular flexibility index (Phi) is 1.70. The zero-order valence-corrected chi connectivity index (χ0v) is 4.10. The summed E-state index contributed by atoms with van der Waals surface area (Å²) >= 11 is 0. The van der Waals surface area contributed by atoms with Crippen molar-refractivity contribution in [3.05, 3.63) is 0 Å². The van der Waals surface area contributed by atoms with Crippen molar-refractivity contribution < 1.29 is 23.5 Å². The fraction of sp³-hybridized carbons (Fsp3) is 0.333. The molecule has 9 heavy (non-hydrogen) atoms. The number of amides is 1. The second-order valence-corrected chi connectivity index (χ2v) is 1.24. The minimum atomic E-state index is -4.44. The molecule has 3 N–H and O–H groups in total. The number of nitrogens with two attached hydrogens (primary N) is 1. The Balaban J connectivity index is 4.38. The first kappa shape index (κ1) is 7.80. The topological polar surface area (TPSA) is 80.4 Å². The maximum absolute atomic E-state index is 11.6. The predicted octanol–water partition coefficient (Wildman–Crippen LogP) is -0.808. The van der Waals surface area contributed by atoms with Gasteiger partial charge in [0.1, 0.15) is 0 Å². The predicted molar refractivity (Wildman–Crippen MR) is 21.8 cm³/mol. The van der Waals surface area contributed by atoms with Crippen LogP contribution in [0, 0.1) is 0 Å². The molecule has 0 aromatic rings. The molecule has 4 nitrogen and oxygen atoms in total. The number of rotatable bonds is 2. The molecule has 0 unspecified atom stereocenters. The van der Waals surface area contributed by atoms with E-state index in [0.29, 0.717) is 0 Å². The van der Waals surface area contributed by atoms with Crippen molar-refractivity contribution in [2.45, 2.75) is 5.92 Å². The summed E-state index contributed by atoms with van der Waals surface area (Å²) in [5.74, 6) is -9.13. The van der Waals surface area contributed by atoms with Gasteiger partial charge in [-0.1, -0.05) is 0 Å². The quantitative estimate of drug-likeness (QED) is 0.491. The van der Waals surface area contributed by atoms with Crippen molar-refractivity contribution in [2.24, 2.45) is 5.73 Å². The number of hydrogen-bond acceptors (Lipinski definition) is 2. The van der Waals surface area contributed by atoms with E-state index in [0.717, 1.165) is 0 Å². The average Bonchev–Trinajstić information content (AvgIpc) is 1.65. The highest BCUT2D eigenvalue weighted by atomic mass is 19.3. The number of carbonyl (C=O) groups is 2.